The van der Waals surface area contributed by atoms with Gasteiger partial charge in [0, 0.05) is 23.4 Å². The van der Waals surface area contributed by atoms with Gasteiger partial charge < -0.3 is 10.4 Å². The molecule has 0 saturated carbocycles. The van der Waals surface area contributed by atoms with Crippen molar-refractivity contribution >= 4 is 23.2 Å². The third-order valence-electron chi connectivity index (χ3n) is 4.03. The van der Waals surface area contributed by atoms with Gasteiger partial charge in [-0.05, 0) is 31.4 Å². The van der Waals surface area contributed by atoms with Gasteiger partial charge in [-0.25, -0.2) is 14.2 Å². The summed E-state index contributed by atoms with van der Waals surface area (Å²) in [5.41, 5.74) is 3.03. The standard InChI is InChI=1S/C18H18N6OS/c1-12-10-16(24(22-12)14-6-3-4-7-15(14)26-2)21-18(25)13-11-20-23-9-5-8-19-17(13)23/h3-11,18,21,25H,1-2H3. The van der Waals surface area contributed by atoms with Gasteiger partial charge in [0.15, 0.2) is 11.9 Å². The number of thioether (sulfide) groups is 1. The van der Waals surface area contributed by atoms with Gasteiger partial charge in [0.2, 0.25) is 0 Å². The monoisotopic (exact) mass is 366 g/mol. The molecule has 8 heteroatoms. The quantitative estimate of drug-likeness (QED) is 0.417. The third kappa shape index (κ3) is 2.93. The topological polar surface area (TPSA) is 80.3 Å². The molecule has 3 heterocycles. The van der Waals surface area contributed by atoms with Crippen molar-refractivity contribution in [2.45, 2.75) is 18.0 Å². The number of hydrogen-bond donors (Lipinski definition) is 2. The highest BCUT2D eigenvalue weighted by atomic mass is 32.2. The summed E-state index contributed by atoms with van der Waals surface area (Å²) < 4.78 is 3.44. The third-order valence-corrected chi connectivity index (χ3v) is 4.82. The highest BCUT2D eigenvalue weighted by Gasteiger charge is 2.18. The van der Waals surface area contributed by atoms with Gasteiger partial charge in [-0.1, -0.05) is 12.1 Å². The first kappa shape index (κ1) is 16.6. The summed E-state index contributed by atoms with van der Waals surface area (Å²) in [6, 6.07) is 11.7. The Morgan fingerprint density at radius 1 is 1.23 bits per heavy atom. The zero-order valence-electron chi connectivity index (χ0n) is 14.4. The molecule has 4 rings (SSSR count). The van der Waals surface area contributed by atoms with Gasteiger partial charge in [-0.15, -0.1) is 11.8 Å². The first-order valence-corrected chi connectivity index (χ1v) is 9.33. The molecule has 0 saturated heterocycles. The zero-order chi connectivity index (χ0) is 18.1. The summed E-state index contributed by atoms with van der Waals surface area (Å²) >= 11 is 1.65. The molecule has 0 aliphatic carbocycles. The van der Waals surface area contributed by atoms with E-state index < -0.39 is 6.23 Å². The van der Waals surface area contributed by atoms with Gasteiger partial charge in [0.05, 0.1) is 23.1 Å². The molecule has 7 nitrogen and oxygen atoms in total. The van der Waals surface area contributed by atoms with Crippen LogP contribution in [0.3, 0.4) is 0 Å². The van der Waals surface area contributed by atoms with Crippen LogP contribution in [0.2, 0.25) is 0 Å². The number of benzene rings is 1. The summed E-state index contributed by atoms with van der Waals surface area (Å²) in [6.07, 6.45) is 6.15. The number of nitrogens with zero attached hydrogens (tertiary/aromatic N) is 5. The van der Waals surface area contributed by atoms with Crippen molar-refractivity contribution in [1.29, 1.82) is 0 Å². The maximum absolute atomic E-state index is 10.7. The molecule has 4 aromatic rings. The van der Waals surface area contributed by atoms with E-state index >= 15 is 0 Å². The van der Waals surface area contributed by atoms with E-state index in [1.807, 2.05) is 48.2 Å². The Morgan fingerprint density at radius 3 is 2.92 bits per heavy atom. The number of aliphatic hydroxyl groups excluding tert-OH is 1. The van der Waals surface area contributed by atoms with Gasteiger partial charge >= 0.3 is 0 Å². The molecule has 1 aromatic carbocycles. The van der Waals surface area contributed by atoms with E-state index in [9.17, 15) is 5.11 Å². The van der Waals surface area contributed by atoms with Crippen LogP contribution in [0.15, 0.2) is 59.9 Å². The molecule has 0 bridgehead atoms. The highest BCUT2D eigenvalue weighted by molar-refractivity contribution is 7.98. The lowest BCUT2D eigenvalue weighted by atomic mass is 10.3. The van der Waals surface area contributed by atoms with E-state index in [4.69, 9.17) is 0 Å². The smallest absolute Gasteiger partial charge is 0.162 e. The Hall–Kier alpha value is -2.84. The maximum atomic E-state index is 10.7. The van der Waals surface area contributed by atoms with Crippen molar-refractivity contribution in [3.63, 3.8) is 0 Å². The first-order chi connectivity index (χ1) is 12.7. The number of fused-ring (bicyclic) bond motifs is 1. The van der Waals surface area contributed by atoms with E-state index in [2.05, 4.69) is 20.5 Å². The van der Waals surface area contributed by atoms with Crippen LogP contribution in [0.25, 0.3) is 11.3 Å². The lowest BCUT2D eigenvalue weighted by molar-refractivity contribution is 0.208. The molecule has 132 valence electrons. The molecule has 26 heavy (non-hydrogen) atoms. The van der Waals surface area contributed by atoms with Gasteiger partial charge in [-0.3, -0.25) is 0 Å². The fraction of sp³-hybridized carbons (Fsp3) is 0.167. The molecule has 1 atom stereocenters. The molecule has 2 N–H and O–H groups in total. The maximum Gasteiger partial charge on any atom is 0.162 e. The number of aromatic nitrogens is 5. The Bertz CT molecular complexity index is 1060. The van der Waals surface area contributed by atoms with Crippen LogP contribution in [0.5, 0.6) is 0 Å². The van der Waals surface area contributed by atoms with Crippen LogP contribution in [-0.4, -0.2) is 35.7 Å². The second kappa shape index (κ2) is 6.81. The van der Waals surface area contributed by atoms with Crippen molar-refractivity contribution in [1.82, 2.24) is 24.4 Å². The molecule has 1 unspecified atom stereocenters. The van der Waals surface area contributed by atoms with Crippen LogP contribution < -0.4 is 5.32 Å². The molecule has 0 amide bonds. The van der Waals surface area contributed by atoms with E-state index in [1.165, 1.54) is 0 Å². The van der Waals surface area contributed by atoms with Gasteiger partial charge in [0.1, 0.15) is 5.82 Å². The van der Waals surface area contributed by atoms with Gasteiger partial charge in [-0.2, -0.15) is 10.2 Å². The first-order valence-electron chi connectivity index (χ1n) is 8.10. The average molecular weight is 366 g/mol. The predicted octanol–water partition coefficient (Wildman–Crippen LogP) is 3.05. The number of anilines is 1. The Kier molecular flexibility index (Phi) is 4.36. The van der Waals surface area contributed by atoms with E-state index in [1.54, 1.807) is 40.9 Å². The number of aliphatic hydroxyl groups is 1. The number of para-hydroxylation sites is 1. The van der Waals surface area contributed by atoms with Crippen LogP contribution in [0.4, 0.5) is 5.82 Å². The number of hydrogen-bond acceptors (Lipinski definition) is 6. The minimum atomic E-state index is -0.960. The number of rotatable bonds is 5. The van der Waals surface area contributed by atoms with Crippen molar-refractivity contribution in [2.75, 3.05) is 11.6 Å². The molecule has 0 spiro atoms. The lowest BCUT2D eigenvalue weighted by Gasteiger charge is -2.16. The van der Waals surface area contributed by atoms with Crippen LogP contribution in [0.1, 0.15) is 17.5 Å². The van der Waals surface area contributed by atoms with E-state index in [0.717, 1.165) is 16.3 Å². The molecular weight excluding hydrogens is 348 g/mol. The molecule has 0 radical (unpaired) electrons. The van der Waals surface area contributed by atoms with E-state index in [-0.39, 0.29) is 0 Å². The number of aryl methyl sites for hydroxylation is 1. The van der Waals surface area contributed by atoms with Crippen molar-refractivity contribution < 1.29 is 5.11 Å². The highest BCUT2D eigenvalue weighted by Crippen LogP contribution is 2.28. The minimum Gasteiger partial charge on any atom is -0.369 e. The van der Waals surface area contributed by atoms with E-state index in [0.29, 0.717) is 17.0 Å². The fourth-order valence-corrected chi connectivity index (χ4v) is 3.43. The second-order valence-electron chi connectivity index (χ2n) is 5.79. The largest absolute Gasteiger partial charge is 0.369 e. The summed E-state index contributed by atoms with van der Waals surface area (Å²) in [5.74, 6) is 0.701. The Labute approximate surface area is 154 Å². The van der Waals surface area contributed by atoms with Gasteiger partial charge in [0.25, 0.3) is 0 Å². The van der Waals surface area contributed by atoms with Crippen molar-refractivity contribution in [3.8, 4) is 5.69 Å². The van der Waals surface area contributed by atoms with Crippen LogP contribution in [0, 0.1) is 6.92 Å². The summed E-state index contributed by atoms with van der Waals surface area (Å²) in [5, 5.41) is 22.6. The van der Waals surface area contributed by atoms with Crippen LogP contribution >= 0.6 is 11.8 Å². The second-order valence-corrected chi connectivity index (χ2v) is 6.64. The molecule has 0 aliphatic heterocycles. The predicted molar refractivity (Wildman–Crippen MR) is 102 cm³/mol. The molecule has 3 aromatic heterocycles. The normalized spacial score (nSPS) is 12.4. The Morgan fingerprint density at radius 2 is 2.08 bits per heavy atom. The molecule has 0 fully saturated rings. The summed E-state index contributed by atoms with van der Waals surface area (Å²) in [4.78, 5) is 5.39. The fourth-order valence-electron chi connectivity index (χ4n) is 2.85. The minimum absolute atomic E-state index is 0.606. The average Bonchev–Trinajstić information content (AvgIpc) is 3.25. The Balaban J connectivity index is 1.71. The molecule has 0 aliphatic rings. The zero-order valence-corrected chi connectivity index (χ0v) is 15.2. The van der Waals surface area contributed by atoms with Crippen molar-refractivity contribution in [2.24, 2.45) is 0 Å². The SMILES string of the molecule is CSc1ccccc1-n1nc(C)cc1NC(O)c1cnn2cccnc12. The molecular formula is C18H18N6OS. The van der Waals surface area contributed by atoms with Crippen LogP contribution in [-0.2, 0) is 0 Å². The number of nitrogens with one attached hydrogen (secondary N) is 1. The lowest BCUT2D eigenvalue weighted by Crippen LogP contribution is -2.13. The van der Waals surface area contributed by atoms with Crippen molar-refractivity contribution in [3.05, 3.63) is 66.2 Å². The summed E-state index contributed by atoms with van der Waals surface area (Å²) in [7, 11) is 0. The summed E-state index contributed by atoms with van der Waals surface area (Å²) in [6.45, 7) is 1.92.